The molecule has 0 aliphatic heterocycles. The number of carboxylic acid groups (broad SMARTS) is 6. The molecule has 14 aromatic rings. The van der Waals surface area contributed by atoms with Gasteiger partial charge in [0.05, 0.1) is 38.8 Å². The Hall–Kier alpha value is -13.1. The summed E-state index contributed by atoms with van der Waals surface area (Å²) >= 11 is 4.19. The molecular formula is C94H82O14S. The molecule has 0 spiro atoms. The molecule has 548 valence electrons. The summed E-state index contributed by atoms with van der Waals surface area (Å²) in [6.45, 7) is 23.7. The standard InChI is InChI=1S/C32H24O2.2C17H14O2.C9H10O2S.2C9H10O2.CO2/c1-20-12-17-27-28(18-20)32(23-8-4-3-5-9-23,24-15-13-22(14-16-24)31(33)34)29-19-21(2)25-10-6-7-11-26(25)30(27)29;1-10-4-6-14-13(7-10)9-12-5-3-11(2)8-15(12)16(14)17(18)19;1-10-13-5-3-4-6-14(13)11(2)16-9-12(17(18)19)7-8-15(10)16;1-5-4-8(12)6(2)3-7(5)9(10)11;1-6-3-7(2)5-8(4-6)9(10)11;1-6-3-4-8(9(10)11)5-7(6)2;2-1-3/h3-19H,1-2H3,(H,33,34);2*3-9H,1-2H3,(H,18,19);3-4,12H,1-2H3,(H,10,11);2*3-5H,1-2H3,(H,10,11);. The summed E-state index contributed by atoms with van der Waals surface area (Å²) in [7, 11) is 0. The minimum absolute atomic E-state index is 0.250. The van der Waals surface area contributed by atoms with Crippen LogP contribution in [0.1, 0.15) is 151 Å². The van der Waals surface area contributed by atoms with Crippen LogP contribution in [0.4, 0.5) is 0 Å². The second-order valence-corrected chi connectivity index (χ2v) is 27.7. The summed E-state index contributed by atoms with van der Waals surface area (Å²) in [5.41, 5.74) is 21.6. The van der Waals surface area contributed by atoms with Gasteiger partial charge in [-0.15, -0.1) is 12.6 Å². The topological polar surface area (TPSA) is 258 Å². The Labute approximate surface area is 637 Å². The summed E-state index contributed by atoms with van der Waals surface area (Å²) in [5, 5.41) is 64.8. The van der Waals surface area contributed by atoms with Gasteiger partial charge in [-0.25, -0.2) is 28.8 Å². The molecule has 0 radical (unpaired) electrons. The number of carbonyl (C=O) groups is 6. The first-order chi connectivity index (χ1) is 51.8. The Kier molecular flexibility index (Phi) is 25.3. The van der Waals surface area contributed by atoms with Crippen LogP contribution in [-0.2, 0) is 15.0 Å². The maximum Gasteiger partial charge on any atom is 0.373 e. The molecule has 14 aromatic carbocycles. The van der Waals surface area contributed by atoms with Crippen molar-refractivity contribution in [3.63, 3.8) is 0 Å². The lowest BCUT2D eigenvalue weighted by Gasteiger charge is -2.34. The van der Waals surface area contributed by atoms with Crippen molar-refractivity contribution in [2.24, 2.45) is 0 Å². The van der Waals surface area contributed by atoms with Gasteiger partial charge in [-0.1, -0.05) is 198 Å². The van der Waals surface area contributed by atoms with Crippen LogP contribution >= 0.6 is 12.6 Å². The van der Waals surface area contributed by atoms with Crippen LogP contribution in [0, 0.1) is 83.1 Å². The van der Waals surface area contributed by atoms with Crippen molar-refractivity contribution in [2.45, 2.75) is 93.4 Å². The molecular weight excluding hydrogens is 1390 g/mol. The molecule has 0 saturated heterocycles. The molecule has 1 atom stereocenters. The van der Waals surface area contributed by atoms with E-state index in [0.29, 0.717) is 33.4 Å². The van der Waals surface area contributed by atoms with E-state index < -0.39 is 41.2 Å². The summed E-state index contributed by atoms with van der Waals surface area (Å²) in [5.74, 6) is -5.28. The Morgan fingerprint density at radius 2 is 0.789 bits per heavy atom. The van der Waals surface area contributed by atoms with E-state index in [2.05, 4.69) is 131 Å². The number of aryl methyl sites for hydroxylation is 12. The van der Waals surface area contributed by atoms with Gasteiger partial charge in [0.25, 0.3) is 0 Å². The molecule has 1 unspecified atom stereocenters. The third-order valence-electron chi connectivity index (χ3n) is 19.6. The van der Waals surface area contributed by atoms with Crippen molar-refractivity contribution in [1.29, 1.82) is 0 Å². The van der Waals surface area contributed by atoms with Crippen molar-refractivity contribution in [3.05, 3.63) is 359 Å². The Balaban J connectivity index is 0.000000158. The van der Waals surface area contributed by atoms with Crippen LogP contribution in [0.3, 0.4) is 0 Å². The maximum absolute atomic E-state index is 11.6. The summed E-state index contributed by atoms with van der Waals surface area (Å²) in [4.78, 5) is 83.1. The highest BCUT2D eigenvalue weighted by Gasteiger charge is 2.47. The Morgan fingerprint density at radius 1 is 0.303 bits per heavy atom. The molecule has 0 saturated carbocycles. The largest absolute Gasteiger partial charge is 0.478 e. The highest BCUT2D eigenvalue weighted by atomic mass is 32.1. The lowest BCUT2D eigenvalue weighted by Crippen LogP contribution is -2.29. The summed E-state index contributed by atoms with van der Waals surface area (Å²) in [6, 6.07) is 77.0. The van der Waals surface area contributed by atoms with Crippen LogP contribution in [-0.4, -0.2) is 72.6 Å². The number of benzene rings is 14. The number of fused-ring (bicyclic) bond motifs is 9. The fraction of sp³-hybridized carbons (Fsp3) is 0.138. The molecule has 0 aromatic heterocycles. The molecule has 0 heterocycles. The third kappa shape index (κ3) is 17.6. The minimum atomic E-state index is -0.912. The first-order valence-electron chi connectivity index (χ1n) is 34.8. The van der Waals surface area contributed by atoms with Gasteiger partial charge in [-0.3, -0.25) is 0 Å². The zero-order valence-electron chi connectivity index (χ0n) is 62.4. The molecule has 1 aliphatic rings. The Morgan fingerprint density at radius 3 is 1.37 bits per heavy atom. The monoisotopic (exact) mass is 1470 g/mol. The van der Waals surface area contributed by atoms with E-state index in [4.69, 9.17) is 30.0 Å². The third-order valence-corrected chi connectivity index (χ3v) is 20.0. The molecule has 0 bridgehead atoms. The number of aromatic carboxylic acids is 6. The van der Waals surface area contributed by atoms with Crippen LogP contribution in [0.5, 0.6) is 0 Å². The highest BCUT2D eigenvalue weighted by molar-refractivity contribution is 7.80. The van der Waals surface area contributed by atoms with E-state index in [1.165, 1.54) is 66.1 Å². The van der Waals surface area contributed by atoms with Crippen LogP contribution in [0.2, 0.25) is 0 Å². The van der Waals surface area contributed by atoms with Gasteiger partial charge in [-0.2, -0.15) is 9.59 Å². The number of carbonyl (C=O) groups excluding carboxylic acids is 2. The van der Waals surface area contributed by atoms with Crippen molar-refractivity contribution in [1.82, 2.24) is 0 Å². The average Bonchev–Trinajstić information content (AvgIpc) is 1.53. The normalized spacial score (nSPS) is 12.0. The van der Waals surface area contributed by atoms with Crippen molar-refractivity contribution in [2.75, 3.05) is 0 Å². The number of carboxylic acids is 6. The van der Waals surface area contributed by atoms with Crippen LogP contribution in [0.15, 0.2) is 241 Å². The fourth-order valence-corrected chi connectivity index (χ4v) is 14.4. The second-order valence-electron chi connectivity index (χ2n) is 27.2. The average molecular weight is 1470 g/mol. The number of thiol groups is 1. The molecule has 15 heteroatoms. The van der Waals surface area contributed by atoms with Gasteiger partial charge in [0, 0.05) is 4.90 Å². The Bertz CT molecular complexity index is 5930. The SMILES string of the molecule is Cc1c2ccccc2c(C)c2cc(C(=O)O)ccc12.Cc1cc(C(=O)O)c(C)cc1S.Cc1cc(C)cc(C(=O)O)c1.Cc1ccc(C(=O)O)cc1C.Cc1ccc2c(C(=O)O)c3cc(C)ccc3cc2c1.Cc1ccc2c(c1)C(c1ccccc1)(c1ccc(C(=O)O)cc1)c1cc(C)c3ccccc3c1-2.O=C=O. The van der Waals surface area contributed by atoms with Crippen molar-refractivity contribution in [3.8, 4) is 11.1 Å². The molecule has 0 fully saturated rings. The molecule has 15 rings (SSSR count). The van der Waals surface area contributed by atoms with E-state index in [1.807, 2.05) is 133 Å². The molecule has 1 aliphatic carbocycles. The smallest absolute Gasteiger partial charge is 0.373 e. The number of hydrogen-bond donors (Lipinski definition) is 7. The number of rotatable bonds is 8. The van der Waals surface area contributed by atoms with Gasteiger partial charge in [-0.05, 0) is 276 Å². The van der Waals surface area contributed by atoms with E-state index >= 15 is 0 Å². The zero-order chi connectivity index (χ0) is 79.5. The highest BCUT2D eigenvalue weighted by Crippen LogP contribution is 2.58. The van der Waals surface area contributed by atoms with Gasteiger partial charge in [0.15, 0.2) is 0 Å². The lowest BCUT2D eigenvalue weighted by atomic mass is 9.67. The molecule has 6 N–H and O–H groups in total. The molecule has 14 nitrogen and oxygen atoms in total. The zero-order valence-corrected chi connectivity index (χ0v) is 63.3. The van der Waals surface area contributed by atoms with Crippen molar-refractivity contribution < 1.29 is 69.0 Å². The van der Waals surface area contributed by atoms with Crippen molar-refractivity contribution >= 4 is 108 Å². The van der Waals surface area contributed by atoms with Gasteiger partial charge in [0.2, 0.25) is 0 Å². The summed E-state index contributed by atoms with van der Waals surface area (Å²) in [6.07, 6.45) is 0.250. The molecule has 0 amide bonds. The minimum Gasteiger partial charge on any atom is -0.478 e. The maximum atomic E-state index is 11.6. The van der Waals surface area contributed by atoms with Gasteiger partial charge in [0.1, 0.15) is 0 Å². The first kappa shape index (κ1) is 80.0. The quantitative estimate of drug-likeness (QED) is 0.0552. The molecule has 109 heavy (non-hydrogen) atoms. The van der Waals surface area contributed by atoms with E-state index in [0.717, 1.165) is 92.8 Å². The summed E-state index contributed by atoms with van der Waals surface area (Å²) < 4.78 is 0. The van der Waals surface area contributed by atoms with Gasteiger partial charge < -0.3 is 30.6 Å². The predicted octanol–water partition coefficient (Wildman–Crippen LogP) is 21.8. The van der Waals surface area contributed by atoms with E-state index in [-0.39, 0.29) is 6.15 Å². The lowest BCUT2D eigenvalue weighted by molar-refractivity contribution is -0.191. The van der Waals surface area contributed by atoms with Crippen LogP contribution in [0.25, 0.3) is 65.0 Å². The predicted molar refractivity (Wildman–Crippen MR) is 434 cm³/mol. The first-order valence-corrected chi connectivity index (χ1v) is 35.3. The van der Waals surface area contributed by atoms with E-state index in [1.54, 1.807) is 67.6 Å². The van der Waals surface area contributed by atoms with E-state index in [9.17, 15) is 39.0 Å². The number of hydrogen-bond acceptors (Lipinski definition) is 9. The van der Waals surface area contributed by atoms with Gasteiger partial charge >= 0.3 is 42.0 Å². The van der Waals surface area contributed by atoms with Crippen LogP contribution < -0.4 is 0 Å². The fourth-order valence-electron chi connectivity index (χ4n) is 14.1. The second kappa shape index (κ2) is 34.4.